The predicted molar refractivity (Wildman–Crippen MR) is 139 cm³/mol. The summed E-state index contributed by atoms with van der Waals surface area (Å²) in [4.78, 5) is 28.0. The van der Waals surface area contributed by atoms with Gasteiger partial charge in [0.25, 0.3) is 5.91 Å². The Kier molecular flexibility index (Phi) is 6.82. The van der Waals surface area contributed by atoms with E-state index in [9.17, 15) is 4.79 Å². The Hall–Kier alpha value is -3.59. The molecule has 0 spiro atoms. The van der Waals surface area contributed by atoms with E-state index in [0.29, 0.717) is 32.0 Å². The van der Waals surface area contributed by atoms with Gasteiger partial charge in [-0.2, -0.15) is 0 Å². The van der Waals surface area contributed by atoms with Crippen molar-refractivity contribution < 1.29 is 9.53 Å². The second-order valence-corrected chi connectivity index (χ2v) is 9.64. The van der Waals surface area contributed by atoms with E-state index in [4.69, 9.17) is 4.74 Å². The van der Waals surface area contributed by atoms with Crippen LogP contribution in [0.1, 0.15) is 34.1 Å². The number of morpholine rings is 1. The topological polar surface area (TPSA) is 87.6 Å². The summed E-state index contributed by atoms with van der Waals surface area (Å²) in [7, 11) is 0. The predicted octanol–water partition coefficient (Wildman–Crippen LogP) is 3.05. The number of benzene rings is 1. The fourth-order valence-corrected chi connectivity index (χ4v) is 4.88. The Morgan fingerprint density at radius 1 is 0.917 bits per heavy atom. The van der Waals surface area contributed by atoms with Gasteiger partial charge in [-0.25, -0.2) is 9.97 Å². The summed E-state index contributed by atoms with van der Waals surface area (Å²) < 4.78 is 5.33. The van der Waals surface area contributed by atoms with Gasteiger partial charge in [-0.3, -0.25) is 4.79 Å². The largest absolute Gasteiger partial charge is 0.378 e. The summed E-state index contributed by atoms with van der Waals surface area (Å²) in [6.45, 7) is 13.2. The maximum absolute atomic E-state index is 12.7. The Labute approximate surface area is 212 Å². The molecule has 1 amide bonds. The van der Waals surface area contributed by atoms with Crippen LogP contribution in [0, 0.1) is 20.8 Å². The number of carbonyl (C=O) groups is 1. The van der Waals surface area contributed by atoms with Gasteiger partial charge in [0, 0.05) is 44.3 Å². The third kappa shape index (κ3) is 4.75. The third-order valence-electron chi connectivity index (χ3n) is 7.20. The molecule has 9 nitrogen and oxygen atoms in total. The highest BCUT2D eigenvalue weighted by molar-refractivity contribution is 5.92. The van der Waals surface area contributed by atoms with E-state index < -0.39 is 0 Å². The zero-order valence-corrected chi connectivity index (χ0v) is 21.4. The molecule has 0 aliphatic carbocycles. The highest BCUT2D eigenvalue weighted by Gasteiger charge is 2.28. The van der Waals surface area contributed by atoms with Gasteiger partial charge in [-0.1, -0.05) is 29.8 Å². The second-order valence-electron chi connectivity index (χ2n) is 9.64. The number of rotatable bonds is 4. The van der Waals surface area contributed by atoms with Crippen LogP contribution in [0.4, 0.5) is 11.6 Å². The van der Waals surface area contributed by atoms with Crippen LogP contribution in [0.5, 0.6) is 0 Å². The highest BCUT2D eigenvalue weighted by atomic mass is 16.5. The third-order valence-corrected chi connectivity index (χ3v) is 7.20. The SMILES string of the molecule is Cc1ccc(-c2nnc(N3CCN(c4cnc(C(=O)N5CCOCC5)cn4)[C@H](C)C3)c(C)c2C)cc1. The molecule has 2 aliphatic heterocycles. The molecule has 1 aromatic carbocycles. The van der Waals surface area contributed by atoms with E-state index in [0.717, 1.165) is 53.7 Å². The molecule has 4 heterocycles. The number of nitrogens with zero attached hydrogens (tertiary/aromatic N) is 7. The van der Waals surface area contributed by atoms with Gasteiger partial charge in [0.2, 0.25) is 0 Å². The molecule has 0 bridgehead atoms. The van der Waals surface area contributed by atoms with Crippen molar-refractivity contribution in [2.45, 2.75) is 33.7 Å². The van der Waals surface area contributed by atoms with Crippen LogP contribution < -0.4 is 9.80 Å². The summed E-state index contributed by atoms with van der Waals surface area (Å²) >= 11 is 0. The van der Waals surface area contributed by atoms with Gasteiger partial charge in [-0.15, -0.1) is 10.2 Å². The zero-order chi connectivity index (χ0) is 25.2. The van der Waals surface area contributed by atoms with Crippen LogP contribution in [-0.4, -0.2) is 83.0 Å². The highest BCUT2D eigenvalue weighted by Crippen LogP contribution is 2.29. The van der Waals surface area contributed by atoms with Gasteiger partial charge in [-0.05, 0) is 38.8 Å². The number of hydrogen-bond acceptors (Lipinski definition) is 8. The number of piperazine rings is 1. The number of aryl methyl sites for hydroxylation is 1. The minimum atomic E-state index is -0.0891. The molecule has 2 fully saturated rings. The van der Waals surface area contributed by atoms with E-state index in [1.807, 2.05) is 0 Å². The van der Waals surface area contributed by atoms with Crippen molar-refractivity contribution in [3.8, 4) is 11.3 Å². The number of anilines is 2. The number of ether oxygens (including phenoxy) is 1. The molecule has 5 rings (SSSR count). The maximum Gasteiger partial charge on any atom is 0.274 e. The van der Waals surface area contributed by atoms with Crippen molar-refractivity contribution in [2.75, 3.05) is 55.7 Å². The van der Waals surface area contributed by atoms with E-state index in [2.05, 4.69) is 81.9 Å². The van der Waals surface area contributed by atoms with Gasteiger partial charge in [0.15, 0.2) is 5.82 Å². The summed E-state index contributed by atoms with van der Waals surface area (Å²) in [5, 5.41) is 9.26. The molecule has 3 aromatic rings. The number of carbonyl (C=O) groups excluding carboxylic acids is 1. The Morgan fingerprint density at radius 3 is 2.33 bits per heavy atom. The number of aromatic nitrogens is 4. The minimum Gasteiger partial charge on any atom is -0.378 e. The second kappa shape index (κ2) is 10.2. The van der Waals surface area contributed by atoms with E-state index in [1.54, 1.807) is 17.3 Å². The molecular weight excluding hydrogens is 454 g/mol. The van der Waals surface area contributed by atoms with Gasteiger partial charge in [0.1, 0.15) is 11.5 Å². The first kappa shape index (κ1) is 24.1. The first-order chi connectivity index (χ1) is 17.4. The Balaban J connectivity index is 1.27. The van der Waals surface area contributed by atoms with E-state index in [1.165, 1.54) is 5.56 Å². The minimum absolute atomic E-state index is 0.0891. The normalized spacial score (nSPS) is 18.4. The summed E-state index contributed by atoms with van der Waals surface area (Å²) in [6, 6.07) is 8.62. The average molecular weight is 488 g/mol. The van der Waals surface area contributed by atoms with Crippen LogP contribution in [0.15, 0.2) is 36.7 Å². The molecule has 2 aromatic heterocycles. The lowest BCUT2D eigenvalue weighted by Gasteiger charge is -2.41. The van der Waals surface area contributed by atoms with Crippen molar-refractivity contribution in [3.05, 3.63) is 59.0 Å². The fourth-order valence-electron chi connectivity index (χ4n) is 4.88. The molecule has 0 unspecified atom stereocenters. The van der Waals surface area contributed by atoms with Crippen molar-refractivity contribution in [3.63, 3.8) is 0 Å². The Morgan fingerprint density at radius 2 is 1.67 bits per heavy atom. The van der Waals surface area contributed by atoms with Gasteiger partial charge >= 0.3 is 0 Å². The number of hydrogen-bond donors (Lipinski definition) is 0. The average Bonchev–Trinajstić information content (AvgIpc) is 2.91. The van der Waals surface area contributed by atoms with Crippen LogP contribution in [0.2, 0.25) is 0 Å². The lowest BCUT2D eigenvalue weighted by Crippen LogP contribution is -2.53. The number of amides is 1. The smallest absolute Gasteiger partial charge is 0.274 e. The lowest BCUT2D eigenvalue weighted by molar-refractivity contribution is 0.0298. The Bertz CT molecular complexity index is 1220. The molecule has 0 saturated carbocycles. The maximum atomic E-state index is 12.7. The van der Waals surface area contributed by atoms with Crippen molar-refractivity contribution in [1.29, 1.82) is 0 Å². The van der Waals surface area contributed by atoms with Crippen molar-refractivity contribution in [1.82, 2.24) is 25.1 Å². The standard InChI is InChI=1S/C27H33N7O2/c1-18-5-7-22(8-6-18)25-20(3)21(4)26(31-30-25)33-9-10-34(19(2)17-33)24-16-28-23(15-29-24)27(35)32-11-13-36-14-12-32/h5-8,15-16,19H,9-14,17H2,1-4H3/t19-/m1/s1. The summed E-state index contributed by atoms with van der Waals surface area (Å²) in [6.07, 6.45) is 3.31. The van der Waals surface area contributed by atoms with Crippen LogP contribution in [0.3, 0.4) is 0 Å². The summed E-state index contributed by atoms with van der Waals surface area (Å²) in [5.74, 6) is 1.63. The fraction of sp³-hybridized carbons (Fsp3) is 0.444. The molecule has 0 N–H and O–H groups in total. The molecule has 1 atom stereocenters. The molecule has 36 heavy (non-hydrogen) atoms. The molecule has 9 heteroatoms. The monoisotopic (exact) mass is 487 g/mol. The van der Waals surface area contributed by atoms with Gasteiger partial charge < -0.3 is 19.4 Å². The molecule has 188 valence electrons. The first-order valence-corrected chi connectivity index (χ1v) is 12.5. The molecular formula is C27H33N7O2. The lowest BCUT2D eigenvalue weighted by atomic mass is 10.0. The van der Waals surface area contributed by atoms with Gasteiger partial charge in [0.05, 0.1) is 31.3 Å². The molecule has 2 aliphatic rings. The van der Waals surface area contributed by atoms with Crippen LogP contribution >= 0.6 is 0 Å². The van der Waals surface area contributed by atoms with Crippen LogP contribution in [0.25, 0.3) is 11.3 Å². The first-order valence-electron chi connectivity index (χ1n) is 12.5. The quantitative estimate of drug-likeness (QED) is 0.555. The molecule has 0 radical (unpaired) electrons. The van der Waals surface area contributed by atoms with Crippen LogP contribution in [-0.2, 0) is 4.74 Å². The summed E-state index contributed by atoms with van der Waals surface area (Å²) in [5.41, 5.74) is 5.95. The zero-order valence-electron chi connectivity index (χ0n) is 21.4. The molecule has 2 saturated heterocycles. The van der Waals surface area contributed by atoms with E-state index in [-0.39, 0.29) is 11.9 Å². The van der Waals surface area contributed by atoms with Crippen molar-refractivity contribution >= 4 is 17.5 Å². The van der Waals surface area contributed by atoms with Crippen molar-refractivity contribution in [2.24, 2.45) is 0 Å². The van der Waals surface area contributed by atoms with E-state index >= 15 is 0 Å².